The maximum atomic E-state index is 13.1. The van der Waals surface area contributed by atoms with Gasteiger partial charge < -0.3 is 14.4 Å². The predicted octanol–water partition coefficient (Wildman–Crippen LogP) is 2.31. The van der Waals surface area contributed by atoms with E-state index in [1.165, 1.54) is 16.7 Å². The third-order valence-electron chi connectivity index (χ3n) is 5.08. The summed E-state index contributed by atoms with van der Waals surface area (Å²) in [6.45, 7) is 6.56. The van der Waals surface area contributed by atoms with E-state index in [4.69, 9.17) is 0 Å². The zero-order valence-corrected chi connectivity index (χ0v) is 16.2. The van der Waals surface area contributed by atoms with Crippen LogP contribution in [0.3, 0.4) is 0 Å². The van der Waals surface area contributed by atoms with Gasteiger partial charge in [0.05, 0.1) is 16.6 Å². The number of piperazine rings is 1. The van der Waals surface area contributed by atoms with Crippen molar-refractivity contribution in [3.63, 3.8) is 0 Å². The number of alkyl halides is 3. The molecule has 0 radical (unpaired) electrons. The number of likely N-dealkylation sites (N-methyl/N-ethyl adjacent to an activating group) is 1. The molecule has 1 amide bonds. The highest BCUT2D eigenvalue weighted by Gasteiger charge is 2.31. The molecule has 1 aromatic carbocycles. The fraction of sp³-hybridized carbons (Fsp3) is 0.450. The molecule has 1 aromatic heterocycles. The highest BCUT2D eigenvalue weighted by atomic mass is 19.4. The molecule has 1 saturated heterocycles. The molecular weight excluding hydrogens is 385 g/mol. The van der Waals surface area contributed by atoms with Crippen molar-refractivity contribution in [2.75, 3.05) is 33.2 Å². The van der Waals surface area contributed by atoms with Crippen LogP contribution in [0.1, 0.15) is 17.7 Å². The second-order valence-electron chi connectivity index (χ2n) is 7.15. The van der Waals surface area contributed by atoms with Crippen molar-refractivity contribution >= 4 is 16.9 Å². The van der Waals surface area contributed by atoms with Crippen molar-refractivity contribution in [3.05, 3.63) is 52.5 Å². The number of nitrogens with zero attached hydrogens (tertiary/aromatic N) is 4. The van der Waals surface area contributed by atoms with Gasteiger partial charge in [0.2, 0.25) is 5.91 Å². The lowest BCUT2D eigenvalue weighted by Gasteiger charge is -2.32. The molecule has 0 saturated carbocycles. The second-order valence-corrected chi connectivity index (χ2v) is 7.15. The lowest BCUT2D eigenvalue weighted by atomic mass is 10.1. The number of hydrogen-bond acceptors (Lipinski definition) is 4. The first-order valence-corrected chi connectivity index (χ1v) is 9.38. The summed E-state index contributed by atoms with van der Waals surface area (Å²) < 4.78 is 40.5. The van der Waals surface area contributed by atoms with Crippen molar-refractivity contribution in [1.29, 1.82) is 0 Å². The van der Waals surface area contributed by atoms with E-state index in [0.29, 0.717) is 18.6 Å². The Bertz CT molecular complexity index is 976. The molecule has 0 spiro atoms. The maximum Gasteiger partial charge on any atom is 0.416 e. The third kappa shape index (κ3) is 4.67. The molecule has 0 atom stereocenters. The Morgan fingerprint density at radius 2 is 1.93 bits per heavy atom. The Morgan fingerprint density at radius 1 is 1.24 bits per heavy atom. The first-order chi connectivity index (χ1) is 13.7. The summed E-state index contributed by atoms with van der Waals surface area (Å²) in [5, 5.41) is 0. The SMILES string of the molecule is C=CCn1c(=O)c(CCC(=O)N2CCN(C)CC2)nc2cc(C(F)(F)F)ccc21. The maximum absolute atomic E-state index is 13.1. The number of halogens is 3. The van der Waals surface area contributed by atoms with Gasteiger partial charge in [-0.25, -0.2) is 4.98 Å². The number of hydrogen-bond donors (Lipinski definition) is 0. The van der Waals surface area contributed by atoms with Gasteiger partial charge >= 0.3 is 6.18 Å². The lowest BCUT2D eigenvalue weighted by molar-refractivity contribution is -0.137. The molecule has 156 valence electrons. The number of benzene rings is 1. The van der Waals surface area contributed by atoms with Gasteiger partial charge in [0, 0.05) is 45.6 Å². The smallest absolute Gasteiger partial charge is 0.340 e. The van der Waals surface area contributed by atoms with Gasteiger partial charge in [0.15, 0.2) is 0 Å². The molecule has 9 heteroatoms. The number of carbonyl (C=O) groups is 1. The molecule has 6 nitrogen and oxygen atoms in total. The van der Waals surface area contributed by atoms with Crippen LogP contribution in [0.15, 0.2) is 35.6 Å². The summed E-state index contributed by atoms with van der Waals surface area (Å²) in [7, 11) is 1.98. The van der Waals surface area contributed by atoms with E-state index in [0.717, 1.165) is 25.2 Å². The largest absolute Gasteiger partial charge is 0.416 e. The standard InChI is InChI=1S/C20H23F3N4O2/c1-3-8-27-17-6-4-14(20(21,22)23)13-16(17)24-15(19(27)29)5-7-18(28)26-11-9-25(2)10-12-26/h3-4,6,13H,1,5,7-12H2,2H3. The van der Waals surface area contributed by atoms with Gasteiger partial charge in [0.1, 0.15) is 5.69 Å². The monoisotopic (exact) mass is 408 g/mol. The number of aromatic nitrogens is 2. The zero-order valence-electron chi connectivity index (χ0n) is 16.2. The second kappa shape index (κ2) is 8.36. The summed E-state index contributed by atoms with van der Waals surface area (Å²) in [6.07, 6.45) is -2.84. The van der Waals surface area contributed by atoms with Crippen molar-refractivity contribution < 1.29 is 18.0 Å². The van der Waals surface area contributed by atoms with E-state index in [1.54, 1.807) is 4.90 Å². The van der Waals surface area contributed by atoms with Crippen LogP contribution >= 0.6 is 0 Å². The summed E-state index contributed by atoms with van der Waals surface area (Å²) in [6, 6.07) is 3.11. The van der Waals surface area contributed by atoms with Crippen molar-refractivity contribution in [1.82, 2.24) is 19.4 Å². The summed E-state index contributed by atoms with van der Waals surface area (Å²) >= 11 is 0. The van der Waals surface area contributed by atoms with Crippen molar-refractivity contribution in [2.45, 2.75) is 25.6 Å². The molecule has 0 unspecified atom stereocenters. The number of allylic oxidation sites excluding steroid dienone is 1. The lowest BCUT2D eigenvalue weighted by Crippen LogP contribution is -2.47. The van der Waals surface area contributed by atoms with Crippen LogP contribution in [0, 0.1) is 0 Å². The quantitative estimate of drug-likeness (QED) is 0.713. The van der Waals surface area contributed by atoms with E-state index in [1.807, 2.05) is 7.05 Å². The Kier molecular flexibility index (Phi) is 6.07. The minimum Gasteiger partial charge on any atom is -0.340 e. The van der Waals surface area contributed by atoms with Crippen LogP contribution in [-0.2, 0) is 23.9 Å². The molecule has 1 aliphatic rings. The molecule has 2 heterocycles. The summed E-state index contributed by atoms with van der Waals surface area (Å²) in [4.78, 5) is 33.3. The van der Waals surface area contributed by atoms with Gasteiger partial charge in [-0.2, -0.15) is 13.2 Å². The fourth-order valence-electron chi connectivity index (χ4n) is 3.39. The molecule has 1 fully saturated rings. The van der Waals surface area contributed by atoms with Crippen LogP contribution in [0.5, 0.6) is 0 Å². The number of amides is 1. The molecule has 0 aliphatic carbocycles. The van der Waals surface area contributed by atoms with Gasteiger partial charge in [0.25, 0.3) is 5.56 Å². The topological polar surface area (TPSA) is 58.4 Å². The van der Waals surface area contributed by atoms with Gasteiger partial charge in [-0.1, -0.05) is 6.08 Å². The first-order valence-electron chi connectivity index (χ1n) is 9.38. The molecule has 0 bridgehead atoms. The molecule has 0 N–H and O–H groups in total. The van der Waals surface area contributed by atoms with E-state index in [2.05, 4.69) is 16.5 Å². The Balaban J connectivity index is 1.90. The third-order valence-corrected chi connectivity index (χ3v) is 5.08. The van der Waals surface area contributed by atoms with E-state index >= 15 is 0 Å². The van der Waals surface area contributed by atoms with E-state index < -0.39 is 17.3 Å². The number of aryl methyl sites for hydroxylation is 1. The molecule has 29 heavy (non-hydrogen) atoms. The van der Waals surface area contributed by atoms with Crippen LogP contribution < -0.4 is 5.56 Å². The van der Waals surface area contributed by atoms with E-state index in [9.17, 15) is 22.8 Å². The average molecular weight is 408 g/mol. The zero-order chi connectivity index (χ0) is 21.2. The molecule has 1 aliphatic heterocycles. The van der Waals surface area contributed by atoms with Crippen LogP contribution in [0.4, 0.5) is 13.2 Å². The number of carbonyl (C=O) groups excluding carboxylic acids is 1. The highest BCUT2D eigenvalue weighted by Crippen LogP contribution is 2.30. The first kappa shape index (κ1) is 21.0. The van der Waals surface area contributed by atoms with Crippen LogP contribution in [0.25, 0.3) is 11.0 Å². The predicted molar refractivity (Wildman–Crippen MR) is 104 cm³/mol. The van der Waals surface area contributed by atoms with Crippen molar-refractivity contribution in [3.8, 4) is 0 Å². The molecular formula is C20H23F3N4O2. The number of fused-ring (bicyclic) bond motifs is 1. The normalized spacial score (nSPS) is 15.7. The number of rotatable bonds is 5. The minimum absolute atomic E-state index is 0.0725. The van der Waals surface area contributed by atoms with Crippen LogP contribution in [-0.4, -0.2) is 58.5 Å². The van der Waals surface area contributed by atoms with Gasteiger partial charge in [-0.3, -0.25) is 9.59 Å². The summed E-state index contributed by atoms with van der Waals surface area (Å²) in [5.74, 6) is -0.0845. The fourth-order valence-corrected chi connectivity index (χ4v) is 3.39. The van der Waals surface area contributed by atoms with Gasteiger partial charge in [-0.15, -0.1) is 6.58 Å². The Morgan fingerprint density at radius 3 is 2.55 bits per heavy atom. The van der Waals surface area contributed by atoms with Crippen LogP contribution in [0.2, 0.25) is 0 Å². The van der Waals surface area contributed by atoms with Crippen molar-refractivity contribution in [2.24, 2.45) is 0 Å². The van der Waals surface area contributed by atoms with Gasteiger partial charge in [-0.05, 0) is 25.2 Å². The molecule has 2 aromatic rings. The van der Waals surface area contributed by atoms with E-state index in [-0.39, 0.29) is 36.5 Å². The Labute approximate surface area is 166 Å². The minimum atomic E-state index is -4.51. The average Bonchev–Trinajstić information content (AvgIpc) is 2.68. The summed E-state index contributed by atoms with van der Waals surface area (Å²) in [5.41, 5.74) is -0.786. The Hall–Kier alpha value is -2.68. The highest BCUT2D eigenvalue weighted by molar-refractivity contribution is 5.77. The molecule has 3 rings (SSSR count).